The van der Waals surface area contributed by atoms with Crippen molar-refractivity contribution in [1.82, 2.24) is 4.90 Å². The molecule has 0 N–H and O–H groups in total. The molecule has 0 spiro atoms. The number of carbonyl (C=O) groups is 3. The van der Waals surface area contributed by atoms with Gasteiger partial charge in [-0.05, 0) is 24.5 Å². The van der Waals surface area contributed by atoms with E-state index in [4.69, 9.17) is 0 Å². The lowest BCUT2D eigenvalue weighted by Gasteiger charge is -2.38. The lowest BCUT2D eigenvalue weighted by Crippen LogP contribution is -2.51. The molecular formula is C27H26N2O3. The zero-order chi connectivity index (χ0) is 21.8. The third-order valence-corrected chi connectivity index (χ3v) is 7.72. The van der Waals surface area contributed by atoms with Crippen LogP contribution in [0.1, 0.15) is 48.0 Å². The molecule has 1 aliphatic carbocycles. The van der Waals surface area contributed by atoms with E-state index in [1.54, 1.807) is 17.0 Å². The van der Waals surface area contributed by atoms with E-state index in [0.29, 0.717) is 5.56 Å². The number of ketones is 1. The summed E-state index contributed by atoms with van der Waals surface area (Å²) in [6, 6.07) is 16.1. The molecule has 0 unspecified atom stereocenters. The third-order valence-electron chi connectivity index (χ3n) is 7.72. The van der Waals surface area contributed by atoms with Gasteiger partial charge in [0.15, 0.2) is 5.78 Å². The van der Waals surface area contributed by atoms with Gasteiger partial charge in [0.25, 0.3) is 0 Å². The Labute approximate surface area is 187 Å². The van der Waals surface area contributed by atoms with Gasteiger partial charge >= 0.3 is 0 Å². The summed E-state index contributed by atoms with van der Waals surface area (Å²) in [7, 11) is 0. The molecule has 3 fully saturated rings. The number of anilines is 1. The predicted molar refractivity (Wildman–Crippen MR) is 122 cm³/mol. The van der Waals surface area contributed by atoms with Crippen LogP contribution < -0.4 is 4.90 Å². The summed E-state index contributed by atoms with van der Waals surface area (Å²) in [5, 5.41) is 0. The van der Waals surface area contributed by atoms with Gasteiger partial charge in [-0.1, -0.05) is 79.9 Å². The van der Waals surface area contributed by atoms with Gasteiger partial charge in [0.2, 0.25) is 11.8 Å². The van der Waals surface area contributed by atoms with Crippen molar-refractivity contribution in [2.75, 3.05) is 4.90 Å². The second kappa shape index (κ2) is 7.44. The fourth-order valence-corrected chi connectivity index (χ4v) is 6.31. The van der Waals surface area contributed by atoms with Crippen molar-refractivity contribution in [2.45, 2.75) is 50.2 Å². The number of rotatable bonds is 3. The maximum atomic E-state index is 13.8. The molecule has 2 saturated heterocycles. The van der Waals surface area contributed by atoms with Crippen molar-refractivity contribution in [3.63, 3.8) is 0 Å². The molecule has 1 saturated carbocycles. The Bertz CT molecular complexity index is 1120. The summed E-state index contributed by atoms with van der Waals surface area (Å²) in [5.74, 6) is -1.47. The van der Waals surface area contributed by atoms with Gasteiger partial charge in [-0.3, -0.25) is 19.3 Å². The minimum Gasteiger partial charge on any atom is -0.352 e. The monoisotopic (exact) mass is 426 g/mol. The second-order valence-corrected chi connectivity index (χ2v) is 9.38. The summed E-state index contributed by atoms with van der Waals surface area (Å²) in [6.45, 7) is 0. The van der Waals surface area contributed by atoms with Crippen LogP contribution in [-0.2, 0) is 9.59 Å². The second-order valence-electron chi connectivity index (χ2n) is 9.38. The van der Waals surface area contributed by atoms with Gasteiger partial charge in [-0.25, -0.2) is 0 Å². The topological polar surface area (TPSA) is 57.7 Å². The van der Waals surface area contributed by atoms with E-state index >= 15 is 0 Å². The first kappa shape index (κ1) is 19.5. The van der Waals surface area contributed by atoms with Crippen molar-refractivity contribution in [2.24, 2.45) is 11.8 Å². The van der Waals surface area contributed by atoms with Crippen LogP contribution in [-0.4, -0.2) is 40.6 Å². The van der Waals surface area contributed by atoms with Crippen LogP contribution in [0.15, 0.2) is 60.7 Å². The summed E-state index contributed by atoms with van der Waals surface area (Å²) < 4.78 is 0. The smallest absolute Gasteiger partial charge is 0.236 e. The minimum absolute atomic E-state index is 0.0184. The van der Waals surface area contributed by atoms with Crippen LogP contribution in [0.5, 0.6) is 0 Å². The number of likely N-dealkylation sites (tertiary alicyclic amines) is 1. The van der Waals surface area contributed by atoms with E-state index in [0.717, 1.165) is 43.4 Å². The molecule has 4 aliphatic rings. The molecule has 0 aromatic heterocycles. The minimum atomic E-state index is -0.677. The lowest BCUT2D eigenvalue weighted by molar-refractivity contribution is -0.143. The molecule has 32 heavy (non-hydrogen) atoms. The Morgan fingerprint density at radius 3 is 2.28 bits per heavy atom. The molecule has 4 atom stereocenters. The third kappa shape index (κ3) is 2.73. The Balaban J connectivity index is 1.46. The SMILES string of the molecule is O=C(c1ccccc1)[C@@H]1[C@@H]2C(=O)N(C3CCCCC3)C(=O)[C@@H]2[C@@H]2C=Cc3ccccc3N12. The molecule has 2 amide bonds. The summed E-state index contributed by atoms with van der Waals surface area (Å²) >= 11 is 0. The molecule has 2 aromatic rings. The first-order valence-corrected chi connectivity index (χ1v) is 11.7. The summed E-state index contributed by atoms with van der Waals surface area (Å²) in [5.41, 5.74) is 2.52. The van der Waals surface area contributed by atoms with Crippen molar-refractivity contribution >= 4 is 29.4 Å². The Hall–Kier alpha value is -3.21. The molecule has 0 radical (unpaired) electrons. The normalized spacial score (nSPS) is 29.1. The highest BCUT2D eigenvalue weighted by Crippen LogP contribution is 2.50. The highest BCUT2D eigenvalue weighted by Gasteiger charge is 2.64. The van der Waals surface area contributed by atoms with Crippen LogP contribution >= 0.6 is 0 Å². The number of imide groups is 1. The Kier molecular flexibility index (Phi) is 4.53. The van der Waals surface area contributed by atoms with E-state index in [-0.39, 0.29) is 29.7 Å². The summed E-state index contributed by atoms with van der Waals surface area (Å²) in [4.78, 5) is 44.9. The van der Waals surface area contributed by atoms with Crippen molar-refractivity contribution in [3.05, 3.63) is 71.8 Å². The largest absolute Gasteiger partial charge is 0.352 e. The predicted octanol–water partition coefficient (Wildman–Crippen LogP) is 4.09. The van der Waals surface area contributed by atoms with E-state index < -0.39 is 17.9 Å². The van der Waals surface area contributed by atoms with E-state index in [1.165, 1.54) is 0 Å². The molecule has 5 heteroatoms. The quantitative estimate of drug-likeness (QED) is 0.548. The number of Topliss-reactive ketones (excluding diaryl/α,β-unsaturated/α-hetero) is 1. The van der Waals surface area contributed by atoms with E-state index in [1.807, 2.05) is 59.5 Å². The van der Waals surface area contributed by atoms with Crippen molar-refractivity contribution in [1.29, 1.82) is 0 Å². The standard InChI is InChI=1S/C27H26N2O3/c30-25(18-10-3-1-4-11-18)24-23-22(21-16-15-17-9-7-8-14-20(17)29(21)24)26(31)28(27(23)32)19-12-5-2-6-13-19/h1,3-4,7-11,14-16,19,21-24H,2,5-6,12-13H2/t21-,22+,23+,24-/m0/s1. The van der Waals surface area contributed by atoms with Gasteiger partial charge in [0, 0.05) is 17.3 Å². The van der Waals surface area contributed by atoms with Crippen LogP contribution in [0.4, 0.5) is 5.69 Å². The number of fused-ring (bicyclic) bond motifs is 5. The zero-order valence-electron chi connectivity index (χ0n) is 17.9. The van der Waals surface area contributed by atoms with E-state index in [2.05, 4.69) is 0 Å². The first-order valence-electron chi connectivity index (χ1n) is 11.7. The number of hydrogen-bond acceptors (Lipinski definition) is 4. The highest BCUT2D eigenvalue weighted by molar-refractivity contribution is 6.14. The van der Waals surface area contributed by atoms with Gasteiger partial charge in [0.05, 0.1) is 17.9 Å². The summed E-state index contributed by atoms with van der Waals surface area (Å²) in [6.07, 6.45) is 9.06. The molecule has 2 aromatic carbocycles. The number of amides is 2. The molecule has 0 bridgehead atoms. The Morgan fingerprint density at radius 1 is 0.812 bits per heavy atom. The fraction of sp³-hybridized carbons (Fsp3) is 0.370. The maximum absolute atomic E-state index is 13.8. The van der Waals surface area contributed by atoms with Crippen LogP contribution in [0.2, 0.25) is 0 Å². The first-order chi connectivity index (χ1) is 15.7. The molecule has 3 heterocycles. The number of nitrogens with zero attached hydrogens (tertiary/aromatic N) is 2. The Morgan fingerprint density at radius 2 is 1.50 bits per heavy atom. The fourth-order valence-electron chi connectivity index (χ4n) is 6.31. The zero-order valence-corrected chi connectivity index (χ0v) is 17.9. The van der Waals surface area contributed by atoms with Gasteiger partial charge < -0.3 is 4.90 Å². The molecule has 3 aliphatic heterocycles. The van der Waals surface area contributed by atoms with Gasteiger partial charge in [-0.15, -0.1) is 0 Å². The molecule has 5 nitrogen and oxygen atoms in total. The van der Waals surface area contributed by atoms with Crippen LogP contribution in [0.3, 0.4) is 0 Å². The van der Waals surface area contributed by atoms with Crippen molar-refractivity contribution in [3.8, 4) is 0 Å². The average molecular weight is 427 g/mol. The lowest BCUT2D eigenvalue weighted by atomic mass is 9.86. The number of para-hydroxylation sites is 1. The molecule has 6 rings (SSSR count). The number of carbonyl (C=O) groups excluding carboxylic acids is 3. The number of hydrogen-bond donors (Lipinski definition) is 0. The van der Waals surface area contributed by atoms with Crippen molar-refractivity contribution < 1.29 is 14.4 Å². The van der Waals surface area contributed by atoms with Crippen LogP contribution in [0.25, 0.3) is 6.08 Å². The molecular weight excluding hydrogens is 400 g/mol. The number of benzene rings is 2. The average Bonchev–Trinajstić information content (AvgIpc) is 3.32. The molecule has 162 valence electrons. The maximum Gasteiger partial charge on any atom is 0.236 e. The van der Waals surface area contributed by atoms with Gasteiger partial charge in [0.1, 0.15) is 6.04 Å². The van der Waals surface area contributed by atoms with Crippen LogP contribution in [0, 0.1) is 11.8 Å². The van der Waals surface area contributed by atoms with E-state index in [9.17, 15) is 14.4 Å². The van der Waals surface area contributed by atoms with Gasteiger partial charge in [-0.2, -0.15) is 0 Å². The highest BCUT2D eigenvalue weighted by atomic mass is 16.2.